The highest BCUT2D eigenvalue weighted by molar-refractivity contribution is 7.13. The van der Waals surface area contributed by atoms with E-state index in [0.717, 1.165) is 4.88 Å². The topological polar surface area (TPSA) is 38.9 Å². The number of alkyl halides is 1. The van der Waals surface area contributed by atoms with Gasteiger partial charge in [0.1, 0.15) is 5.38 Å². The number of thiophene rings is 1. The quantitative estimate of drug-likeness (QED) is 0.740. The van der Waals surface area contributed by atoms with Crippen molar-refractivity contribution in [1.29, 1.82) is 0 Å². The fourth-order valence-corrected chi connectivity index (χ4v) is 1.94. The molecule has 1 unspecified atom stereocenters. The van der Waals surface area contributed by atoms with Crippen molar-refractivity contribution in [3.8, 4) is 10.8 Å². The molecule has 2 aromatic heterocycles. The summed E-state index contributed by atoms with van der Waals surface area (Å²) in [6, 6.07) is 2.01. The molecule has 74 valence electrons. The van der Waals surface area contributed by atoms with Crippen LogP contribution in [-0.2, 0) is 0 Å². The summed E-state index contributed by atoms with van der Waals surface area (Å²) in [5.74, 6) is 1.01. The Labute approximate surface area is 90.7 Å². The number of hydrogen-bond donors (Lipinski definition) is 0. The maximum atomic E-state index is 5.82. The first-order chi connectivity index (χ1) is 6.66. The fourth-order valence-electron chi connectivity index (χ4n) is 1.04. The van der Waals surface area contributed by atoms with Gasteiger partial charge >= 0.3 is 0 Å². The molecule has 0 bridgehead atoms. The predicted molar refractivity (Wildman–Crippen MR) is 56.6 cm³/mol. The van der Waals surface area contributed by atoms with Crippen LogP contribution >= 0.6 is 22.9 Å². The Morgan fingerprint density at radius 3 is 2.79 bits per heavy atom. The Hall–Kier alpha value is -0.870. The number of aromatic nitrogens is 2. The van der Waals surface area contributed by atoms with E-state index in [2.05, 4.69) is 10.2 Å². The van der Waals surface area contributed by atoms with Gasteiger partial charge in [0, 0.05) is 0 Å². The number of rotatable bonds is 2. The Bertz CT molecular complexity index is 435. The van der Waals surface area contributed by atoms with E-state index in [0.29, 0.717) is 11.8 Å². The Morgan fingerprint density at radius 1 is 1.50 bits per heavy atom. The summed E-state index contributed by atoms with van der Waals surface area (Å²) < 4.78 is 5.40. The van der Waals surface area contributed by atoms with E-state index in [4.69, 9.17) is 16.0 Å². The van der Waals surface area contributed by atoms with Gasteiger partial charge in [-0.15, -0.1) is 33.1 Å². The van der Waals surface area contributed by atoms with Crippen molar-refractivity contribution in [1.82, 2.24) is 10.2 Å². The van der Waals surface area contributed by atoms with Crippen molar-refractivity contribution in [2.45, 2.75) is 19.2 Å². The van der Waals surface area contributed by atoms with Gasteiger partial charge in [0.05, 0.1) is 4.88 Å². The summed E-state index contributed by atoms with van der Waals surface area (Å²) in [5.41, 5.74) is 1.20. The monoisotopic (exact) mass is 228 g/mol. The number of halogens is 1. The molecule has 0 saturated heterocycles. The molecule has 0 aromatic carbocycles. The maximum absolute atomic E-state index is 5.82. The van der Waals surface area contributed by atoms with Crippen molar-refractivity contribution in [3.63, 3.8) is 0 Å². The van der Waals surface area contributed by atoms with Crippen LogP contribution in [0.2, 0.25) is 0 Å². The zero-order valence-electron chi connectivity index (χ0n) is 7.82. The highest BCUT2D eigenvalue weighted by Crippen LogP contribution is 2.28. The third kappa shape index (κ3) is 1.81. The summed E-state index contributed by atoms with van der Waals surface area (Å²) in [7, 11) is 0. The molecule has 0 spiro atoms. The predicted octanol–water partition coefficient (Wildman–Crippen LogP) is 3.41. The van der Waals surface area contributed by atoms with Crippen LogP contribution in [0.3, 0.4) is 0 Å². The summed E-state index contributed by atoms with van der Waals surface area (Å²) in [6.45, 7) is 3.83. The molecule has 0 aliphatic rings. The lowest BCUT2D eigenvalue weighted by Crippen LogP contribution is -1.81. The van der Waals surface area contributed by atoms with E-state index in [1.54, 1.807) is 18.3 Å². The highest BCUT2D eigenvalue weighted by Gasteiger charge is 2.13. The largest absolute Gasteiger partial charge is 0.418 e. The van der Waals surface area contributed by atoms with Gasteiger partial charge in [0.15, 0.2) is 0 Å². The minimum atomic E-state index is -0.239. The second-order valence-electron chi connectivity index (χ2n) is 3.05. The summed E-state index contributed by atoms with van der Waals surface area (Å²) in [5, 5.41) is 9.60. The molecule has 0 aliphatic carbocycles. The second-order valence-corrected chi connectivity index (χ2v) is 4.62. The van der Waals surface area contributed by atoms with E-state index in [1.165, 1.54) is 5.56 Å². The van der Waals surface area contributed by atoms with Crippen molar-refractivity contribution in [2.75, 3.05) is 0 Å². The summed E-state index contributed by atoms with van der Waals surface area (Å²) in [4.78, 5) is 0.985. The molecule has 0 fully saturated rings. The molecule has 14 heavy (non-hydrogen) atoms. The molecular weight excluding hydrogens is 220 g/mol. The number of aryl methyl sites for hydroxylation is 1. The minimum Gasteiger partial charge on any atom is -0.418 e. The molecule has 0 N–H and O–H groups in total. The average Bonchev–Trinajstić information content (AvgIpc) is 2.70. The van der Waals surface area contributed by atoms with E-state index < -0.39 is 0 Å². The van der Waals surface area contributed by atoms with Gasteiger partial charge in [0.25, 0.3) is 5.89 Å². The van der Waals surface area contributed by atoms with Gasteiger partial charge in [-0.2, -0.15) is 0 Å². The minimum absolute atomic E-state index is 0.239. The first kappa shape index (κ1) is 9.68. The molecule has 1 atom stereocenters. The lowest BCUT2D eigenvalue weighted by molar-refractivity contribution is 0.508. The fraction of sp³-hybridized carbons (Fsp3) is 0.333. The van der Waals surface area contributed by atoms with Crippen LogP contribution in [-0.4, -0.2) is 10.2 Å². The Kier molecular flexibility index (Phi) is 2.56. The van der Waals surface area contributed by atoms with Crippen LogP contribution in [0.15, 0.2) is 15.9 Å². The van der Waals surface area contributed by atoms with Crippen LogP contribution in [0.1, 0.15) is 23.8 Å². The van der Waals surface area contributed by atoms with Crippen LogP contribution < -0.4 is 0 Å². The van der Waals surface area contributed by atoms with Gasteiger partial charge in [0.2, 0.25) is 5.89 Å². The van der Waals surface area contributed by atoms with Crippen molar-refractivity contribution >= 4 is 22.9 Å². The molecule has 0 aliphatic heterocycles. The van der Waals surface area contributed by atoms with E-state index in [1.807, 2.05) is 18.4 Å². The van der Waals surface area contributed by atoms with Gasteiger partial charge in [-0.05, 0) is 30.9 Å². The van der Waals surface area contributed by atoms with Crippen LogP contribution in [0.4, 0.5) is 0 Å². The van der Waals surface area contributed by atoms with Crippen LogP contribution in [0, 0.1) is 6.92 Å². The lowest BCUT2D eigenvalue weighted by atomic mass is 10.3. The Morgan fingerprint density at radius 2 is 2.29 bits per heavy atom. The van der Waals surface area contributed by atoms with Crippen molar-refractivity contribution < 1.29 is 4.42 Å². The zero-order valence-corrected chi connectivity index (χ0v) is 9.39. The molecule has 0 amide bonds. The first-order valence-electron chi connectivity index (χ1n) is 4.20. The standard InChI is InChI=1S/C9H9ClN2OS/c1-5-3-7(14-4-5)9-12-11-8(13-9)6(2)10/h3-4,6H,1-2H3. The van der Waals surface area contributed by atoms with E-state index >= 15 is 0 Å². The third-order valence-corrected chi connectivity index (χ3v) is 2.94. The second kappa shape index (κ2) is 3.71. The lowest BCUT2D eigenvalue weighted by Gasteiger charge is -1.91. The molecule has 2 aromatic rings. The SMILES string of the molecule is Cc1csc(-c2nnc(C(C)Cl)o2)c1. The van der Waals surface area contributed by atoms with E-state index in [9.17, 15) is 0 Å². The van der Waals surface area contributed by atoms with Gasteiger partial charge in [-0.3, -0.25) is 0 Å². The van der Waals surface area contributed by atoms with Crippen LogP contribution in [0.25, 0.3) is 10.8 Å². The average molecular weight is 229 g/mol. The highest BCUT2D eigenvalue weighted by atomic mass is 35.5. The molecule has 5 heteroatoms. The van der Waals surface area contributed by atoms with Crippen LogP contribution in [0.5, 0.6) is 0 Å². The summed E-state index contributed by atoms with van der Waals surface area (Å²) in [6.07, 6.45) is 0. The molecular formula is C9H9ClN2OS. The van der Waals surface area contributed by atoms with Gasteiger partial charge in [-0.25, -0.2) is 0 Å². The number of hydrogen-bond acceptors (Lipinski definition) is 4. The molecule has 3 nitrogen and oxygen atoms in total. The smallest absolute Gasteiger partial charge is 0.257 e. The van der Waals surface area contributed by atoms with Gasteiger partial charge < -0.3 is 4.42 Å². The molecule has 2 heterocycles. The molecule has 2 rings (SSSR count). The number of nitrogens with zero attached hydrogens (tertiary/aromatic N) is 2. The molecule has 0 radical (unpaired) electrons. The van der Waals surface area contributed by atoms with E-state index in [-0.39, 0.29) is 5.38 Å². The zero-order chi connectivity index (χ0) is 10.1. The first-order valence-corrected chi connectivity index (χ1v) is 5.51. The van der Waals surface area contributed by atoms with Crippen molar-refractivity contribution in [2.24, 2.45) is 0 Å². The summed E-state index contributed by atoms with van der Waals surface area (Å²) >= 11 is 7.40. The van der Waals surface area contributed by atoms with Gasteiger partial charge in [-0.1, -0.05) is 0 Å². The third-order valence-electron chi connectivity index (χ3n) is 1.72. The van der Waals surface area contributed by atoms with Crippen molar-refractivity contribution in [3.05, 3.63) is 22.9 Å². The Balaban J connectivity index is 2.33. The normalized spacial score (nSPS) is 13.1. The maximum Gasteiger partial charge on any atom is 0.257 e. The molecule has 0 saturated carbocycles.